The summed E-state index contributed by atoms with van der Waals surface area (Å²) in [4.78, 5) is 29.9. The molecule has 1 aliphatic rings. The number of nitrogens with one attached hydrogen (secondary N) is 1. The van der Waals surface area contributed by atoms with Crippen molar-refractivity contribution in [3.05, 3.63) is 77.1 Å². The first kappa shape index (κ1) is 30.2. The number of ether oxygens (including phenoxy) is 1. The molecule has 1 aromatic carbocycles. The van der Waals surface area contributed by atoms with Crippen LogP contribution in [0.3, 0.4) is 0 Å². The molecular formula is C30H37F3N6O2. The van der Waals surface area contributed by atoms with E-state index in [2.05, 4.69) is 41.7 Å². The Kier molecular flexibility index (Phi) is 9.80. The lowest BCUT2D eigenvalue weighted by Crippen LogP contribution is -2.48. The van der Waals surface area contributed by atoms with Gasteiger partial charge in [0.1, 0.15) is 12.1 Å². The number of halogens is 3. The molecule has 220 valence electrons. The Morgan fingerprint density at radius 1 is 1.10 bits per heavy atom. The molecule has 1 fully saturated rings. The van der Waals surface area contributed by atoms with Gasteiger partial charge in [-0.05, 0) is 88.4 Å². The molecule has 1 amide bonds. The van der Waals surface area contributed by atoms with Crippen molar-refractivity contribution in [2.24, 2.45) is 0 Å². The van der Waals surface area contributed by atoms with E-state index in [0.717, 1.165) is 49.2 Å². The van der Waals surface area contributed by atoms with E-state index < -0.39 is 6.36 Å². The molecule has 3 heterocycles. The zero-order valence-corrected chi connectivity index (χ0v) is 23.9. The van der Waals surface area contributed by atoms with Gasteiger partial charge in [0.2, 0.25) is 0 Å². The average Bonchev–Trinajstić information content (AvgIpc) is 2.92. The van der Waals surface area contributed by atoms with Crippen LogP contribution in [0.5, 0.6) is 5.75 Å². The molecule has 0 saturated carbocycles. The maximum atomic E-state index is 12.7. The third kappa shape index (κ3) is 8.16. The van der Waals surface area contributed by atoms with Crippen LogP contribution in [0.1, 0.15) is 59.1 Å². The Bertz CT molecular complexity index is 1290. The van der Waals surface area contributed by atoms with E-state index in [0.29, 0.717) is 30.0 Å². The van der Waals surface area contributed by atoms with Gasteiger partial charge >= 0.3 is 6.36 Å². The molecule has 0 aliphatic carbocycles. The van der Waals surface area contributed by atoms with Gasteiger partial charge in [-0.25, -0.2) is 9.97 Å². The number of rotatable bonds is 10. The average molecular weight is 571 g/mol. The lowest BCUT2D eigenvalue weighted by atomic mass is 9.99. The highest BCUT2D eigenvalue weighted by molar-refractivity contribution is 5.96. The van der Waals surface area contributed by atoms with E-state index in [1.54, 1.807) is 32.2 Å². The van der Waals surface area contributed by atoms with Crippen LogP contribution >= 0.6 is 0 Å². The minimum atomic E-state index is -4.73. The number of pyridine rings is 1. The number of carbonyl (C=O) groups excluding carboxylic acids is 1. The fraction of sp³-hybridized carbons (Fsp3) is 0.467. The number of alkyl halides is 3. The molecule has 0 unspecified atom stereocenters. The second-order valence-corrected chi connectivity index (χ2v) is 10.6. The molecule has 1 N–H and O–H groups in total. The first-order valence-corrected chi connectivity index (χ1v) is 13.8. The van der Waals surface area contributed by atoms with Crippen molar-refractivity contribution in [1.82, 2.24) is 25.2 Å². The van der Waals surface area contributed by atoms with Gasteiger partial charge < -0.3 is 19.9 Å². The number of aryl methyl sites for hydroxylation is 3. The predicted octanol–water partition coefficient (Wildman–Crippen LogP) is 5.38. The van der Waals surface area contributed by atoms with Crippen LogP contribution in [0.4, 0.5) is 18.9 Å². The van der Waals surface area contributed by atoms with Gasteiger partial charge in [0.15, 0.2) is 0 Å². The van der Waals surface area contributed by atoms with Crippen LogP contribution in [0.25, 0.3) is 0 Å². The van der Waals surface area contributed by atoms with Gasteiger partial charge in [-0.1, -0.05) is 0 Å². The third-order valence-corrected chi connectivity index (χ3v) is 7.75. The Balaban J connectivity index is 1.37. The fourth-order valence-electron chi connectivity index (χ4n) is 5.34. The molecular weight excluding hydrogens is 533 g/mol. The number of nitrogens with zero attached hydrogens (tertiary/aromatic N) is 5. The molecule has 0 radical (unpaired) electrons. The second-order valence-electron chi connectivity index (χ2n) is 10.6. The topological polar surface area (TPSA) is 83.5 Å². The fourth-order valence-corrected chi connectivity index (χ4v) is 5.34. The van der Waals surface area contributed by atoms with Crippen molar-refractivity contribution in [3.63, 3.8) is 0 Å². The van der Waals surface area contributed by atoms with E-state index in [-0.39, 0.29) is 23.7 Å². The summed E-state index contributed by atoms with van der Waals surface area (Å²) in [7, 11) is 0. The number of hydrogen-bond acceptors (Lipinski definition) is 7. The van der Waals surface area contributed by atoms with Crippen LogP contribution in [-0.2, 0) is 6.54 Å². The maximum absolute atomic E-state index is 12.7. The minimum absolute atomic E-state index is 0.153. The maximum Gasteiger partial charge on any atom is 0.573 e. The van der Waals surface area contributed by atoms with Crippen LogP contribution in [0.15, 0.2) is 49.1 Å². The highest BCUT2D eigenvalue weighted by atomic mass is 19.4. The summed E-state index contributed by atoms with van der Waals surface area (Å²) in [6.07, 6.45) is 2.94. The monoisotopic (exact) mass is 570 g/mol. The summed E-state index contributed by atoms with van der Waals surface area (Å²) >= 11 is 0. The minimum Gasteiger partial charge on any atom is -0.406 e. The number of amides is 1. The highest BCUT2D eigenvalue weighted by Crippen LogP contribution is 2.30. The number of piperidine rings is 1. The third-order valence-electron chi connectivity index (χ3n) is 7.75. The van der Waals surface area contributed by atoms with E-state index in [1.807, 2.05) is 19.2 Å². The molecule has 1 saturated heterocycles. The largest absolute Gasteiger partial charge is 0.573 e. The van der Waals surface area contributed by atoms with Gasteiger partial charge in [-0.3, -0.25) is 9.78 Å². The number of hydrogen-bond donors (Lipinski definition) is 1. The van der Waals surface area contributed by atoms with Crippen LogP contribution in [0, 0.1) is 20.8 Å². The van der Waals surface area contributed by atoms with Crippen molar-refractivity contribution in [1.29, 1.82) is 0 Å². The van der Waals surface area contributed by atoms with E-state index in [1.165, 1.54) is 18.5 Å². The number of benzene rings is 1. The summed E-state index contributed by atoms with van der Waals surface area (Å²) < 4.78 is 42.1. The van der Waals surface area contributed by atoms with Crippen LogP contribution < -0.4 is 15.0 Å². The summed E-state index contributed by atoms with van der Waals surface area (Å²) in [6.45, 7) is 10.7. The van der Waals surface area contributed by atoms with Crippen molar-refractivity contribution in [3.8, 4) is 5.75 Å². The standard InChI is InChI=1S/C30H37F3N6O2/c1-20-9-13-34-17-24(20)18-39(25-5-7-27(8-6-25)41-30(31,32)33)26-11-15-38(16-12-26)21(2)10-14-35-29(40)28-22(3)36-19-37-23(28)4/h5-9,13,17,19,21,26H,10-12,14-16,18H2,1-4H3,(H,35,40)/t21-/m1/s1. The first-order chi connectivity index (χ1) is 19.5. The molecule has 8 nitrogen and oxygen atoms in total. The predicted molar refractivity (Wildman–Crippen MR) is 151 cm³/mol. The van der Waals surface area contributed by atoms with Crippen LogP contribution in [0.2, 0.25) is 0 Å². The van der Waals surface area contributed by atoms with Crippen molar-refractivity contribution >= 4 is 11.6 Å². The normalized spacial score (nSPS) is 15.4. The Labute approximate surface area is 239 Å². The number of carbonyl (C=O) groups is 1. The zero-order chi connectivity index (χ0) is 29.6. The Hall–Kier alpha value is -3.73. The SMILES string of the molecule is Cc1ccncc1CN(c1ccc(OC(F)(F)F)cc1)C1CCN([C@H](C)CCNC(=O)c2c(C)ncnc2C)CC1. The van der Waals surface area contributed by atoms with Crippen molar-refractivity contribution in [2.75, 3.05) is 24.5 Å². The van der Waals surface area contributed by atoms with Gasteiger partial charge in [-0.2, -0.15) is 0 Å². The number of likely N-dealkylation sites (tertiary alicyclic amines) is 1. The second kappa shape index (κ2) is 13.3. The summed E-state index contributed by atoms with van der Waals surface area (Å²) in [5.41, 5.74) is 4.89. The number of anilines is 1. The first-order valence-electron chi connectivity index (χ1n) is 13.8. The van der Waals surface area contributed by atoms with Gasteiger partial charge in [-0.15, -0.1) is 13.2 Å². The zero-order valence-electron chi connectivity index (χ0n) is 23.9. The van der Waals surface area contributed by atoms with Gasteiger partial charge in [0, 0.05) is 56.3 Å². The van der Waals surface area contributed by atoms with E-state index >= 15 is 0 Å². The molecule has 2 aromatic heterocycles. The van der Waals surface area contributed by atoms with Gasteiger partial charge in [0.25, 0.3) is 5.91 Å². The van der Waals surface area contributed by atoms with Crippen molar-refractivity contribution in [2.45, 2.75) is 71.9 Å². The summed E-state index contributed by atoms with van der Waals surface area (Å²) in [5, 5.41) is 3.01. The molecule has 41 heavy (non-hydrogen) atoms. The van der Waals surface area contributed by atoms with E-state index in [4.69, 9.17) is 0 Å². The molecule has 1 atom stereocenters. The number of aromatic nitrogens is 3. The Morgan fingerprint density at radius 3 is 2.37 bits per heavy atom. The molecule has 0 spiro atoms. The van der Waals surface area contributed by atoms with Crippen LogP contribution in [-0.4, -0.2) is 63.8 Å². The quantitative estimate of drug-likeness (QED) is 0.351. The lowest BCUT2D eigenvalue weighted by Gasteiger charge is -2.42. The summed E-state index contributed by atoms with van der Waals surface area (Å²) in [6, 6.07) is 8.54. The van der Waals surface area contributed by atoms with Gasteiger partial charge in [0.05, 0.1) is 17.0 Å². The smallest absolute Gasteiger partial charge is 0.406 e. The molecule has 3 aromatic rings. The molecule has 11 heteroatoms. The lowest BCUT2D eigenvalue weighted by molar-refractivity contribution is -0.274. The van der Waals surface area contributed by atoms with E-state index in [9.17, 15) is 18.0 Å². The molecule has 1 aliphatic heterocycles. The highest BCUT2D eigenvalue weighted by Gasteiger charge is 2.31. The Morgan fingerprint density at radius 2 is 1.76 bits per heavy atom. The molecule has 4 rings (SSSR count). The summed E-state index contributed by atoms with van der Waals surface area (Å²) in [5.74, 6) is -0.390. The van der Waals surface area contributed by atoms with Crippen molar-refractivity contribution < 1.29 is 22.7 Å². The molecule has 0 bridgehead atoms.